The molecule has 1 saturated heterocycles. The van der Waals surface area contributed by atoms with Crippen LogP contribution in [0.15, 0.2) is 30.3 Å². The number of carbonyl (C=O) groups is 1. The fourth-order valence-electron chi connectivity index (χ4n) is 2.10. The zero-order valence-corrected chi connectivity index (χ0v) is 9.80. The SMILES string of the molecule is O=C(O)[C@H](Cc1ccccc1)NN1CCCC1. The largest absolute Gasteiger partial charge is 0.480 e. The monoisotopic (exact) mass is 234 g/mol. The second-order valence-corrected chi connectivity index (χ2v) is 4.40. The van der Waals surface area contributed by atoms with E-state index >= 15 is 0 Å². The second kappa shape index (κ2) is 5.80. The van der Waals surface area contributed by atoms with Crippen LogP contribution in [0.4, 0.5) is 0 Å². The van der Waals surface area contributed by atoms with Crippen LogP contribution in [0.25, 0.3) is 0 Å². The van der Waals surface area contributed by atoms with E-state index in [-0.39, 0.29) is 0 Å². The van der Waals surface area contributed by atoms with Crippen LogP contribution in [-0.4, -0.2) is 35.2 Å². The zero-order chi connectivity index (χ0) is 12.1. The van der Waals surface area contributed by atoms with Crippen molar-refractivity contribution in [3.8, 4) is 0 Å². The number of benzene rings is 1. The number of nitrogens with zero attached hydrogens (tertiary/aromatic N) is 1. The van der Waals surface area contributed by atoms with Gasteiger partial charge in [-0.25, -0.2) is 10.4 Å². The van der Waals surface area contributed by atoms with Crippen LogP contribution in [0, 0.1) is 0 Å². The zero-order valence-electron chi connectivity index (χ0n) is 9.80. The number of carboxylic acids is 1. The maximum Gasteiger partial charge on any atom is 0.322 e. The molecule has 0 radical (unpaired) electrons. The molecular formula is C13H18N2O2. The van der Waals surface area contributed by atoms with E-state index in [4.69, 9.17) is 0 Å². The van der Waals surface area contributed by atoms with E-state index in [1.54, 1.807) is 0 Å². The van der Waals surface area contributed by atoms with Gasteiger partial charge in [-0.3, -0.25) is 4.79 Å². The van der Waals surface area contributed by atoms with Crippen molar-refractivity contribution in [2.24, 2.45) is 0 Å². The van der Waals surface area contributed by atoms with Gasteiger partial charge in [0.05, 0.1) is 0 Å². The molecule has 0 bridgehead atoms. The predicted molar refractivity (Wildman–Crippen MR) is 65.5 cm³/mol. The summed E-state index contributed by atoms with van der Waals surface area (Å²) >= 11 is 0. The lowest BCUT2D eigenvalue weighted by atomic mass is 10.1. The Balaban J connectivity index is 1.95. The van der Waals surface area contributed by atoms with E-state index in [0.717, 1.165) is 31.5 Å². The van der Waals surface area contributed by atoms with Crippen LogP contribution in [-0.2, 0) is 11.2 Å². The average molecular weight is 234 g/mol. The van der Waals surface area contributed by atoms with Crippen molar-refractivity contribution in [1.29, 1.82) is 0 Å². The molecule has 17 heavy (non-hydrogen) atoms. The molecule has 1 aliphatic rings. The van der Waals surface area contributed by atoms with Gasteiger partial charge in [0, 0.05) is 13.1 Å². The lowest BCUT2D eigenvalue weighted by Crippen LogP contribution is -2.48. The molecule has 4 nitrogen and oxygen atoms in total. The quantitative estimate of drug-likeness (QED) is 0.806. The Kier molecular flexibility index (Phi) is 4.12. The molecule has 4 heteroatoms. The van der Waals surface area contributed by atoms with Crippen molar-refractivity contribution in [3.05, 3.63) is 35.9 Å². The predicted octanol–water partition coefficient (Wildman–Crippen LogP) is 1.28. The Morgan fingerprint density at radius 2 is 1.94 bits per heavy atom. The highest BCUT2D eigenvalue weighted by Crippen LogP contribution is 2.08. The van der Waals surface area contributed by atoms with Crippen molar-refractivity contribution in [1.82, 2.24) is 10.4 Å². The lowest BCUT2D eigenvalue weighted by molar-refractivity contribution is -0.141. The number of hydrogen-bond donors (Lipinski definition) is 2. The van der Waals surface area contributed by atoms with E-state index < -0.39 is 12.0 Å². The van der Waals surface area contributed by atoms with E-state index in [1.807, 2.05) is 35.3 Å². The molecule has 1 aliphatic heterocycles. The first-order chi connectivity index (χ1) is 8.25. The highest BCUT2D eigenvalue weighted by Gasteiger charge is 2.22. The fraction of sp³-hybridized carbons (Fsp3) is 0.462. The molecule has 0 amide bonds. The Labute approximate surface area is 101 Å². The van der Waals surface area contributed by atoms with Gasteiger partial charge in [0.25, 0.3) is 0 Å². The van der Waals surface area contributed by atoms with Crippen LogP contribution in [0.3, 0.4) is 0 Å². The van der Waals surface area contributed by atoms with E-state index in [0.29, 0.717) is 6.42 Å². The Morgan fingerprint density at radius 3 is 2.53 bits per heavy atom. The summed E-state index contributed by atoms with van der Waals surface area (Å²) in [6.45, 7) is 1.89. The molecule has 1 aromatic rings. The van der Waals surface area contributed by atoms with Gasteiger partial charge in [0.15, 0.2) is 0 Å². The first kappa shape index (κ1) is 12.1. The van der Waals surface area contributed by atoms with Crippen molar-refractivity contribution >= 4 is 5.97 Å². The third-order valence-electron chi connectivity index (χ3n) is 3.03. The molecule has 1 fully saturated rings. The molecule has 1 heterocycles. The smallest absolute Gasteiger partial charge is 0.322 e. The number of carboxylic acid groups (broad SMARTS) is 1. The first-order valence-corrected chi connectivity index (χ1v) is 6.03. The van der Waals surface area contributed by atoms with E-state index in [2.05, 4.69) is 5.43 Å². The van der Waals surface area contributed by atoms with Crippen LogP contribution in [0.2, 0.25) is 0 Å². The number of nitrogens with one attached hydrogen (secondary N) is 1. The molecule has 1 aromatic carbocycles. The number of hydrazine groups is 1. The lowest BCUT2D eigenvalue weighted by Gasteiger charge is -2.22. The van der Waals surface area contributed by atoms with Gasteiger partial charge >= 0.3 is 5.97 Å². The molecule has 1 atom stereocenters. The van der Waals surface area contributed by atoms with Crippen LogP contribution < -0.4 is 5.43 Å². The molecule has 0 spiro atoms. The van der Waals surface area contributed by atoms with E-state index in [1.165, 1.54) is 0 Å². The van der Waals surface area contributed by atoms with Crippen molar-refractivity contribution in [2.45, 2.75) is 25.3 Å². The number of hydrogen-bond acceptors (Lipinski definition) is 3. The van der Waals surface area contributed by atoms with Crippen LogP contribution >= 0.6 is 0 Å². The van der Waals surface area contributed by atoms with Gasteiger partial charge in [0.1, 0.15) is 6.04 Å². The molecule has 0 unspecified atom stereocenters. The normalized spacial score (nSPS) is 18.1. The summed E-state index contributed by atoms with van der Waals surface area (Å²) in [5.41, 5.74) is 4.15. The summed E-state index contributed by atoms with van der Waals surface area (Å²) in [7, 11) is 0. The summed E-state index contributed by atoms with van der Waals surface area (Å²) in [5, 5.41) is 11.2. The van der Waals surface area contributed by atoms with Gasteiger partial charge in [0.2, 0.25) is 0 Å². The Hall–Kier alpha value is -1.39. The number of rotatable bonds is 5. The molecule has 0 saturated carbocycles. The molecule has 0 aliphatic carbocycles. The third kappa shape index (κ3) is 3.54. The van der Waals surface area contributed by atoms with Gasteiger partial charge < -0.3 is 5.11 Å². The maximum absolute atomic E-state index is 11.2. The second-order valence-electron chi connectivity index (χ2n) is 4.40. The van der Waals surface area contributed by atoms with Gasteiger partial charge in [-0.2, -0.15) is 0 Å². The Morgan fingerprint density at radius 1 is 1.29 bits per heavy atom. The van der Waals surface area contributed by atoms with E-state index in [9.17, 15) is 9.90 Å². The highest BCUT2D eigenvalue weighted by atomic mass is 16.4. The van der Waals surface area contributed by atoms with Crippen LogP contribution in [0.5, 0.6) is 0 Å². The van der Waals surface area contributed by atoms with Crippen molar-refractivity contribution in [3.63, 3.8) is 0 Å². The molecule has 0 aromatic heterocycles. The summed E-state index contributed by atoms with van der Waals surface area (Å²) in [4.78, 5) is 11.2. The highest BCUT2D eigenvalue weighted by molar-refractivity contribution is 5.73. The van der Waals surface area contributed by atoms with Crippen molar-refractivity contribution in [2.75, 3.05) is 13.1 Å². The minimum Gasteiger partial charge on any atom is -0.480 e. The minimum absolute atomic E-state index is 0.521. The summed E-state index contributed by atoms with van der Waals surface area (Å²) in [5.74, 6) is -0.791. The summed E-state index contributed by atoms with van der Waals surface area (Å²) in [6.07, 6.45) is 2.81. The number of aliphatic carboxylic acids is 1. The summed E-state index contributed by atoms with van der Waals surface area (Å²) in [6, 6.07) is 9.19. The third-order valence-corrected chi connectivity index (χ3v) is 3.03. The van der Waals surface area contributed by atoms with Gasteiger partial charge in [-0.1, -0.05) is 30.3 Å². The Bertz CT molecular complexity index is 361. The minimum atomic E-state index is -0.791. The molecule has 92 valence electrons. The first-order valence-electron chi connectivity index (χ1n) is 6.03. The molecule has 2 N–H and O–H groups in total. The molecular weight excluding hydrogens is 216 g/mol. The fourth-order valence-corrected chi connectivity index (χ4v) is 2.10. The average Bonchev–Trinajstić information content (AvgIpc) is 2.82. The van der Waals surface area contributed by atoms with Crippen molar-refractivity contribution < 1.29 is 9.90 Å². The standard InChI is InChI=1S/C13H18N2O2/c16-13(17)12(14-15-8-4-5-9-15)10-11-6-2-1-3-7-11/h1-3,6-7,12,14H,4-5,8-10H2,(H,16,17)/t12-/m0/s1. The van der Waals surface area contributed by atoms with Crippen LogP contribution in [0.1, 0.15) is 18.4 Å². The van der Waals surface area contributed by atoms with Gasteiger partial charge in [-0.05, 0) is 24.8 Å². The molecule has 2 rings (SSSR count). The maximum atomic E-state index is 11.2. The van der Waals surface area contributed by atoms with Gasteiger partial charge in [-0.15, -0.1) is 0 Å². The summed E-state index contributed by atoms with van der Waals surface area (Å²) < 4.78 is 0. The topological polar surface area (TPSA) is 52.6 Å².